The predicted octanol–water partition coefficient (Wildman–Crippen LogP) is 6.86. The Morgan fingerprint density at radius 1 is 1.10 bits per heavy atom. The number of carbonyl (C=O) groups is 1. The van der Waals surface area contributed by atoms with Gasteiger partial charge in [0.15, 0.2) is 5.76 Å². The number of amides is 1. The van der Waals surface area contributed by atoms with E-state index in [0.717, 1.165) is 11.1 Å². The van der Waals surface area contributed by atoms with Gasteiger partial charge in [0.05, 0.1) is 5.71 Å². The topological polar surface area (TPSA) is 79.0 Å². The average Bonchev–Trinajstić information content (AvgIpc) is 3.22. The van der Waals surface area contributed by atoms with Crippen LogP contribution in [0.3, 0.4) is 0 Å². The summed E-state index contributed by atoms with van der Waals surface area (Å²) in [5, 5.41) is 16.3. The molecule has 7 heteroatoms. The van der Waals surface area contributed by atoms with Crippen LogP contribution < -0.4 is 5.32 Å². The van der Waals surface area contributed by atoms with Crippen LogP contribution in [0.1, 0.15) is 24.2 Å². The number of hydrogen-bond acceptors (Lipinski definition) is 4. The fraction of sp³-hybridized carbons (Fsp3) is 0.125. The van der Waals surface area contributed by atoms with Crippen LogP contribution in [-0.4, -0.2) is 16.8 Å². The van der Waals surface area contributed by atoms with Gasteiger partial charge in [-0.1, -0.05) is 52.7 Å². The van der Waals surface area contributed by atoms with E-state index in [9.17, 15) is 4.79 Å². The minimum atomic E-state index is -0.0737. The Morgan fingerprint density at radius 2 is 1.84 bits per heavy atom. The van der Waals surface area contributed by atoms with Crippen molar-refractivity contribution in [2.45, 2.75) is 19.8 Å². The Hall–Kier alpha value is -3.15. The van der Waals surface area contributed by atoms with Crippen molar-refractivity contribution in [3.05, 3.63) is 94.2 Å². The van der Waals surface area contributed by atoms with Crippen LogP contribution in [0.5, 0.6) is 0 Å². The number of nitrogens with zero attached hydrogens (tertiary/aromatic N) is 1. The monoisotopic (exact) mass is 453 g/mol. The molecule has 0 aliphatic heterocycles. The minimum Gasteiger partial charge on any atom is -0.354 e. The van der Waals surface area contributed by atoms with Gasteiger partial charge in [0, 0.05) is 33.8 Å². The zero-order valence-electron chi connectivity index (χ0n) is 16.9. The number of benzene rings is 2. The largest absolute Gasteiger partial charge is 0.354 e. The molecule has 3 rings (SSSR count). The fourth-order valence-corrected chi connectivity index (χ4v) is 3.18. The zero-order valence-corrected chi connectivity index (χ0v) is 18.4. The van der Waals surface area contributed by atoms with E-state index in [2.05, 4.69) is 10.5 Å². The van der Waals surface area contributed by atoms with Crippen LogP contribution >= 0.6 is 23.2 Å². The third-order valence-electron chi connectivity index (χ3n) is 4.42. The molecular weight excluding hydrogens is 433 g/mol. The van der Waals surface area contributed by atoms with Crippen LogP contribution in [0.15, 0.2) is 77.4 Å². The molecule has 5 nitrogen and oxygen atoms in total. The molecule has 2 aromatic carbocycles. The maximum Gasteiger partial charge on any atom is 0.224 e. The van der Waals surface area contributed by atoms with Gasteiger partial charge >= 0.3 is 0 Å². The summed E-state index contributed by atoms with van der Waals surface area (Å²) in [4.78, 5) is 11.9. The zero-order chi connectivity index (χ0) is 22.2. The number of allylic oxidation sites excluding steroid dienone is 4. The lowest BCUT2D eigenvalue weighted by molar-refractivity contribution is -0.116. The first-order valence-electron chi connectivity index (χ1n) is 9.63. The van der Waals surface area contributed by atoms with E-state index in [4.69, 9.17) is 33.1 Å². The highest BCUT2D eigenvalue weighted by molar-refractivity contribution is 6.31. The minimum absolute atomic E-state index is 0.0737. The highest BCUT2D eigenvalue weighted by atomic mass is 35.5. The molecule has 1 amide bonds. The van der Waals surface area contributed by atoms with Gasteiger partial charge in [-0.2, -0.15) is 0 Å². The maximum absolute atomic E-state index is 11.9. The molecular formula is C24H21Cl2N3O2. The molecule has 0 bridgehead atoms. The molecule has 0 saturated heterocycles. The first-order valence-corrected chi connectivity index (χ1v) is 10.4. The molecule has 31 heavy (non-hydrogen) atoms. The first-order chi connectivity index (χ1) is 14.9. The maximum atomic E-state index is 11.9. The van der Waals surface area contributed by atoms with E-state index in [-0.39, 0.29) is 11.6 Å². The Morgan fingerprint density at radius 3 is 2.58 bits per heavy atom. The van der Waals surface area contributed by atoms with Gasteiger partial charge in [0.2, 0.25) is 5.91 Å². The summed E-state index contributed by atoms with van der Waals surface area (Å²) in [5.41, 5.74) is 3.47. The van der Waals surface area contributed by atoms with Crippen molar-refractivity contribution < 1.29 is 9.32 Å². The van der Waals surface area contributed by atoms with E-state index >= 15 is 0 Å². The van der Waals surface area contributed by atoms with E-state index in [0.29, 0.717) is 40.0 Å². The van der Waals surface area contributed by atoms with Gasteiger partial charge in [-0.3, -0.25) is 10.2 Å². The van der Waals surface area contributed by atoms with Crippen molar-refractivity contribution in [2.24, 2.45) is 0 Å². The highest BCUT2D eigenvalue weighted by Gasteiger charge is 2.11. The molecule has 0 unspecified atom stereocenters. The third-order valence-corrected chi connectivity index (χ3v) is 4.90. The predicted molar refractivity (Wildman–Crippen MR) is 126 cm³/mol. The molecule has 1 heterocycles. The highest BCUT2D eigenvalue weighted by Crippen LogP contribution is 2.25. The third kappa shape index (κ3) is 6.67. The Balaban J connectivity index is 1.47. The second-order valence-electron chi connectivity index (χ2n) is 6.83. The summed E-state index contributed by atoms with van der Waals surface area (Å²) in [6, 6.07) is 14.2. The van der Waals surface area contributed by atoms with Crippen molar-refractivity contribution >= 4 is 40.5 Å². The molecule has 3 aromatic rings. The number of aromatic nitrogens is 1. The van der Waals surface area contributed by atoms with Crippen molar-refractivity contribution in [3.63, 3.8) is 0 Å². The second-order valence-corrected chi connectivity index (χ2v) is 7.70. The van der Waals surface area contributed by atoms with Crippen molar-refractivity contribution in [3.8, 4) is 11.3 Å². The average molecular weight is 454 g/mol. The molecule has 158 valence electrons. The summed E-state index contributed by atoms with van der Waals surface area (Å²) in [6.45, 7) is 1.95. The molecule has 1 aromatic heterocycles. The summed E-state index contributed by atoms with van der Waals surface area (Å²) < 4.78 is 5.30. The second kappa shape index (κ2) is 10.8. The van der Waals surface area contributed by atoms with Gasteiger partial charge in [-0.15, -0.1) is 0 Å². The number of nitrogens with one attached hydrogen (secondary N) is 2. The van der Waals surface area contributed by atoms with E-state index in [1.165, 1.54) is 0 Å². The number of aryl methyl sites for hydroxylation is 1. The van der Waals surface area contributed by atoms with Crippen LogP contribution in [0.4, 0.5) is 5.69 Å². The first kappa shape index (κ1) is 22.5. The quantitative estimate of drug-likeness (QED) is 0.288. The van der Waals surface area contributed by atoms with Crippen LogP contribution in [0.2, 0.25) is 10.0 Å². The molecule has 0 atom stereocenters. The SMILES string of the molecule is Cc1cc(Cl)ccc1-c1cc(C(=N)C=CC=CCCC(=O)Nc2ccc(Cl)cc2)on1. The summed E-state index contributed by atoms with van der Waals surface area (Å²) in [6.07, 6.45) is 7.95. The number of halogens is 2. The molecule has 0 radical (unpaired) electrons. The van der Waals surface area contributed by atoms with Crippen molar-refractivity contribution in [1.82, 2.24) is 5.16 Å². The number of anilines is 1. The normalized spacial score (nSPS) is 11.3. The molecule has 0 aliphatic rings. The number of rotatable bonds is 8. The Labute approximate surface area is 190 Å². The fourth-order valence-electron chi connectivity index (χ4n) is 2.82. The summed E-state index contributed by atoms with van der Waals surface area (Å²) in [5.74, 6) is 0.298. The lowest BCUT2D eigenvalue weighted by Gasteiger charge is -2.03. The molecule has 0 aliphatic carbocycles. The van der Waals surface area contributed by atoms with Gasteiger partial charge in [0.1, 0.15) is 5.69 Å². The van der Waals surface area contributed by atoms with Crippen LogP contribution in [0, 0.1) is 12.3 Å². The smallest absolute Gasteiger partial charge is 0.224 e. The van der Waals surface area contributed by atoms with Gasteiger partial charge < -0.3 is 9.84 Å². The van der Waals surface area contributed by atoms with Gasteiger partial charge in [-0.05, 0) is 61.4 Å². The van der Waals surface area contributed by atoms with Crippen molar-refractivity contribution in [1.29, 1.82) is 5.41 Å². The standard InChI is InChI=1S/C24H21Cl2N3O2/c1-16-14-18(26)10-13-20(16)22-15-23(31-29-22)21(27)6-4-2-3-5-7-24(30)28-19-11-8-17(25)9-12-19/h2-4,6,8-15,27H,5,7H2,1H3,(H,28,30). The molecule has 2 N–H and O–H groups in total. The number of carbonyl (C=O) groups excluding carboxylic acids is 1. The Bertz CT molecular complexity index is 1130. The lowest BCUT2D eigenvalue weighted by atomic mass is 10.1. The van der Waals surface area contributed by atoms with Crippen LogP contribution in [-0.2, 0) is 4.79 Å². The lowest BCUT2D eigenvalue weighted by Crippen LogP contribution is -2.10. The Kier molecular flexibility index (Phi) is 7.82. The van der Waals surface area contributed by atoms with Gasteiger partial charge in [0.25, 0.3) is 0 Å². The summed E-state index contributed by atoms with van der Waals surface area (Å²) >= 11 is 11.8. The molecule has 0 spiro atoms. The molecule has 0 saturated carbocycles. The van der Waals surface area contributed by atoms with E-state index < -0.39 is 0 Å². The van der Waals surface area contributed by atoms with Gasteiger partial charge in [-0.25, -0.2) is 0 Å². The molecule has 0 fully saturated rings. The van der Waals surface area contributed by atoms with Crippen LogP contribution in [0.25, 0.3) is 11.3 Å². The van der Waals surface area contributed by atoms with E-state index in [1.807, 2.05) is 25.1 Å². The number of hydrogen-bond donors (Lipinski definition) is 2. The summed E-state index contributed by atoms with van der Waals surface area (Å²) in [7, 11) is 0. The van der Waals surface area contributed by atoms with E-state index in [1.54, 1.807) is 54.6 Å². The van der Waals surface area contributed by atoms with Crippen molar-refractivity contribution in [2.75, 3.05) is 5.32 Å².